The van der Waals surface area contributed by atoms with Gasteiger partial charge in [-0.2, -0.15) is 0 Å². The fourth-order valence-corrected chi connectivity index (χ4v) is 3.52. The Kier molecular flexibility index (Phi) is 5.35. The predicted octanol–water partition coefficient (Wildman–Crippen LogP) is 2.48. The van der Waals surface area contributed by atoms with Crippen LogP contribution in [0.2, 0.25) is 10.0 Å². The zero-order valence-electron chi connectivity index (χ0n) is 13.9. The van der Waals surface area contributed by atoms with E-state index in [-0.39, 0.29) is 18.5 Å². The minimum absolute atomic E-state index is 0.00996. The van der Waals surface area contributed by atoms with Gasteiger partial charge in [0.15, 0.2) is 0 Å². The Morgan fingerprint density at radius 3 is 2.56 bits per heavy atom. The third-order valence-electron chi connectivity index (χ3n) is 4.89. The van der Waals surface area contributed by atoms with Gasteiger partial charge in [0, 0.05) is 19.6 Å². The summed E-state index contributed by atoms with van der Waals surface area (Å²) < 4.78 is 0. The van der Waals surface area contributed by atoms with E-state index in [1.54, 1.807) is 6.07 Å². The summed E-state index contributed by atoms with van der Waals surface area (Å²) in [6.07, 6.45) is 3.67. The molecule has 1 aliphatic carbocycles. The third-order valence-corrected chi connectivity index (χ3v) is 5.63. The second-order valence-corrected chi connectivity index (χ2v) is 7.66. The first kappa shape index (κ1) is 18.2. The molecule has 25 heavy (non-hydrogen) atoms. The topological polar surface area (TPSA) is 66.5 Å². The largest absolute Gasteiger partial charge is 0.352 e. The Balaban J connectivity index is 1.60. The molecule has 3 rings (SSSR count). The van der Waals surface area contributed by atoms with Crippen LogP contribution >= 0.6 is 23.2 Å². The molecule has 7 heteroatoms. The normalized spacial score (nSPS) is 21.6. The number of aryl methyl sites for hydroxylation is 1. The van der Waals surface area contributed by atoms with Crippen molar-refractivity contribution in [3.05, 3.63) is 33.8 Å². The summed E-state index contributed by atoms with van der Waals surface area (Å²) in [4.78, 5) is 37.2. The minimum atomic E-state index is -0.885. The van der Waals surface area contributed by atoms with Crippen LogP contribution in [0, 0.1) is 11.8 Å². The van der Waals surface area contributed by atoms with Gasteiger partial charge in [-0.25, -0.2) is 0 Å². The highest BCUT2D eigenvalue weighted by Gasteiger charge is 2.43. The van der Waals surface area contributed by atoms with Crippen LogP contribution in [-0.4, -0.2) is 42.1 Å². The van der Waals surface area contributed by atoms with E-state index >= 15 is 0 Å². The van der Waals surface area contributed by atoms with Gasteiger partial charge in [0.2, 0.25) is 11.7 Å². The molecule has 0 spiro atoms. The summed E-state index contributed by atoms with van der Waals surface area (Å²) in [5.41, 5.74) is 1.06. The van der Waals surface area contributed by atoms with Crippen LogP contribution < -0.4 is 5.32 Å². The number of ketones is 1. The average Bonchev–Trinajstić information content (AvgIpc) is 3.38. The highest BCUT2D eigenvalue weighted by molar-refractivity contribution is 6.42. The molecular formula is C18H20Cl2N2O3. The highest BCUT2D eigenvalue weighted by Crippen LogP contribution is 2.35. The smallest absolute Gasteiger partial charge is 0.290 e. The average molecular weight is 383 g/mol. The lowest BCUT2D eigenvalue weighted by atomic mass is 10.00. The Morgan fingerprint density at radius 2 is 2.00 bits per heavy atom. The lowest BCUT2D eigenvalue weighted by Gasteiger charge is -2.20. The van der Waals surface area contributed by atoms with Crippen LogP contribution in [0.4, 0.5) is 0 Å². The number of amides is 2. The van der Waals surface area contributed by atoms with Crippen LogP contribution in [0.25, 0.3) is 0 Å². The zero-order valence-corrected chi connectivity index (χ0v) is 15.4. The number of nitrogens with one attached hydrogen (secondary N) is 1. The molecule has 2 atom stereocenters. The van der Waals surface area contributed by atoms with Crippen molar-refractivity contribution in [2.24, 2.45) is 11.8 Å². The molecule has 1 aromatic rings. The molecule has 1 aromatic carbocycles. The van der Waals surface area contributed by atoms with Gasteiger partial charge in [-0.15, -0.1) is 0 Å². The Labute approximate surface area is 156 Å². The summed E-state index contributed by atoms with van der Waals surface area (Å²) in [6.45, 7) is 0.160. The predicted molar refractivity (Wildman–Crippen MR) is 95.6 cm³/mol. The quantitative estimate of drug-likeness (QED) is 0.606. The number of hydrogen-bond acceptors (Lipinski definition) is 3. The van der Waals surface area contributed by atoms with Crippen molar-refractivity contribution in [1.82, 2.24) is 10.2 Å². The second-order valence-electron chi connectivity index (χ2n) is 6.84. The van der Waals surface area contributed by atoms with Gasteiger partial charge in [0.25, 0.3) is 5.91 Å². The van der Waals surface area contributed by atoms with Crippen molar-refractivity contribution < 1.29 is 14.4 Å². The number of carbonyl (C=O) groups is 3. The number of carbonyl (C=O) groups excluding carboxylic acids is 3. The van der Waals surface area contributed by atoms with E-state index in [2.05, 4.69) is 5.32 Å². The van der Waals surface area contributed by atoms with Crippen molar-refractivity contribution in [3.8, 4) is 0 Å². The number of benzene rings is 1. The summed E-state index contributed by atoms with van der Waals surface area (Å²) in [5, 5.41) is 4.03. The number of halogens is 2. The van der Waals surface area contributed by atoms with E-state index in [1.165, 1.54) is 11.9 Å². The van der Waals surface area contributed by atoms with E-state index < -0.39 is 17.6 Å². The molecule has 0 radical (unpaired) electrons. The second kappa shape index (κ2) is 7.34. The minimum Gasteiger partial charge on any atom is -0.352 e. The molecule has 1 heterocycles. The molecule has 2 aliphatic rings. The Hall–Kier alpha value is -1.59. The maximum atomic E-state index is 12.5. The first-order chi connectivity index (χ1) is 11.9. The molecular weight excluding hydrogens is 363 g/mol. The van der Waals surface area contributed by atoms with Gasteiger partial charge in [-0.1, -0.05) is 29.3 Å². The van der Waals surface area contributed by atoms with E-state index in [0.29, 0.717) is 16.0 Å². The summed E-state index contributed by atoms with van der Waals surface area (Å²) in [5.74, 6) is -1.98. The van der Waals surface area contributed by atoms with Gasteiger partial charge in [-0.05, 0) is 49.3 Å². The van der Waals surface area contributed by atoms with Gasteiger partial charge in [0.05, 0.1) is 10.0 Å². The van der Waals surface area contributed by atoms with Gasteiger partial charge >= 0.3 is 0 Å². The maximum absolute atomic E-state index is 12.5. The van der Waals surface area contributed by atoms with Crippen molar-refractivity contribution in [1.29, 1.82) is 0 Å². The lowest BCUT2D eigenvalue weighted by molar-refractivity contribution is -0.142. The number of rotatable bonds is 6. The van der Waals surface area contributed by atoms with Crippen molar-refractivity contribution >= 4 is 40.8 Å². The summed E-state index contributed by atoms with van der Waals surface area (Å²) in [6, 6.07) is 5.54. The lowest BCUT2D eigenvalue weighted by Crippen LogP contribution is -2.43. The van der Waals surface area contributed by atoms with Crippen molar-refractivity contribution in [2.75, 3.05) is 13.6 Å². The van der Waals surface area contributed by atoms with Crippen LogP contribution in [0.15, 0.2) is 18.2 Å². The fraction of sp³-hybridized carbons (Fsp3) is 0.500. The number of likely N-dealkylation sites (N-methyl/N-ethyl adjacent to an activating group) is 1. The summed E-state index contributed by atoms with van der Waals surface area (Å²) >= 11 is 12.0. The molecule has 2 fully saturated rings. The van der Waals surface area contributed by atoms with Gasteiger partial charge < -0.3 is 10.2 Å². The number of hydrogen-bond donors (Lipinski definition) is 1. The van der Waals surface area contributed by atoms with Crippen LogP contribution in [0.3, 0.4) is 0 Å². The molecule has 1 saturated heterocycles. The van der Waals surface area contributed by atoms with E-state index in [9.17, 15) is 14.4 Å². The van der Waals surface area contributed by atoms with Gasteiger partial charge in [-0.3, -0.25) is 14.4 Å². The molecule has 1 aliphatic heterocycles. The number of nitrogens with zero attached hydrogens (tertiary/aromatic N) is 1. The van der Waals surface area contributed by atoms with Crippen LogP contribution in [0.5, 0.6) is 0 Å². The monoisotopic (exact) mass is 382 g/mol. The first-order valence-electron chi connectivity index (χ1n) is 8.40. The van der Waals surface area contributed by atoms with Crippen LogP contribution in [-0.2, 0) is 20.8 Å². The molecule has 5 nitrogen and oxygen atoms in total. The number of Topliss-reactive ketones (excluding diaryl/α,β-unsaturated/α-hetero) is 1. The molecule has 1 saturated carbocycles. The molecule has 0 aromatic heterocycles. The van der Waals surface area contributed by atoms with Crippen molar-refractivity contribution in [3.63, 3.8) is 0 Å². The third kappa shape index (κ3) is 4.15. The van der Waals surface area contributed by atoms with E-state index in [4.69, 9.17) is 23.2 Å². The fourth-order valence-electron chi connectivity index (χ4n) is 3.20. The van der Waals surface area contributed by atoms with Crippen LogP contribution in [0.1, 0.15) is 24.8 Å². The van der Waals surface area contributed by atoms with E-state index in [0.717, 1.165) is 31.2 Å². The molecule has 2 unspecified atom stereocenters. The van der Waals surface area contributed by atoms with Gasteiger partial charge in [0.1, 0.15) is 5.92 Å². The molecule has 0 bridgehead atoms. The standard InChI is InChI=1S/C18H20Cl2N2O3/c1-22-9-12(16(23)18(22)25)17(24)21-15(11-4-5-11)7-3-10-2-6-13(19)14(20)8-10/h2,6,8,11-12,15H,3-5,7,9H2,1H3,(H,21,24). The first-order valence-corrected chi connectivity index (χ1v) is 9.16. The summed E-state index contributed by atoms with van der Waals surface area (Å²) in [7, 11) is 1.54. The Morgan fingerprint density at radius 1 is 1.28 bits per heavy atom. The molecule has 1 N–H and O–H groups in total. The zero-order chi connectivity index (χ0) is 18.1. The number of likely N-dealkylation sites (tertiary alicyclic amines) is 1. The molecule has 2 amide bonds. The maximum Gasteiger partial charge on any atom is 0.290 e. The van der Waals surface area contributed by atoms with Crippen molar-refractivity contribution in [2.45, 2.75) is 31.7 Å². The SMILES string of the molecule is CN1CC(C(=O)NC(CCc2ccc(Cl)c(Cl)c2)C2CC2)C(=O)C1=O. The molecule has 134 valence electrons. The highest BCUT2D eigenvalue weighted by atomic mass is 35.5. The Bertz CT molecular complexity index is 718. The van der Waals surface area contributed by atoms with E-state index in [1.807, 2.05) is 12.1 Å².